The van der Waals surface area contributed by atoms with E-state index in [4.69, 9.17) is 11.6 Å². The van der Waals surface area contributed by atoms with Crippen LogP contribution in [0.25, 0.3) is 11.0 Å². The fourth-order valence-corrected chi connectivity index (χ4v) is 2.16. The molecule has 0 radical (unpaired) electrons. The Hall–Kier alpha value is -0.610. The minimum absolute atomic E-state index is 0.302. The van der Waals surface area contributed by atoms with E-state index < -0.39 is 0 Å². The van der Waals surface area contributed by atoms with Crippen LogP contribution in [-0.2, 0) is 12.4 Å². The summed E-state index contributed by atoms with van der Waals surface area (Å²) in [6.07, 6.45) is 0. The lowest BCUT2D eigenvalue weighted by Gasteiger charge is -2.03. The Morgan fingerprint density at radius 3 is 2.87 bits per heavy atom. The molecule has 0 saturated heterocycles. The van der Waals surface area contributed by atoms with Crippen molar-refractivity contribution in [2.24, 2.45) is 0 Å². The van der Waals surface area contributed by atoms with Crippen molar-refractivity contribution >= 4 is 38.6 Å². The zero-order valence-electron chi connectivity index (χ0n) is 8.10. The van der Waals surface area contributed by atoms with E-state index in [0.29, 0.717) is 15.9 Å². The maximum atomic E-state index is 13.3. The Bertz CT molecular complexity index is 510. The highest BCUT2D eigenvalue weighted by atomic mass is 79.9. The van der Waals surface area contributed by atoms with Crippen LogP contribution in [0, 0.1) is 5.82 Å². The molecule has 2 rings (SSSR count). The smallest absolute Gasteiger partial charge is 0.139 e. The molecule has 5 heteroatoms. The first-order valence-corrected chi connectivity index (χ1v) is 5.90. The topological polar surface area (TPSA) is 17.8 Å². The van der Waals surface area contributed by atoms with Gasteiger partial charge >= 0.3 is 0 Å². The van der Waals surface area contributed by atoms with Gasteiger partial charge < -0.3 is 4.57 Å². The van der Waals surface area contributed by atoms with Crippen LogP contribution in [0.4, 0.5) is 4.39 Å². The van der Waals surface area contributed by atoms with Gasteiger partial charge in [0.05, 0.1) is 21.4 Å². The Morgan fingerprint density at radius 1 is 1.53 bits per heavy atom. The van der Waals surface area contributed by atoms with Crippen molar-refractivity contribution in [2.75, 3.05) is 0 Å². The van der Waals surface area contributed by atoms with Crippen molar-refractivity contribution in [1.82, 2.24) is 9.55 Å². The lowest BCUT2D eigenvalue weighted by Crippen LogP contribution is -1.99. The van der Waals surface area contributed by atoms with Crippen LogP contribution in [0.1, 0.15) is 12.7 Å². The van der Waals surface area contributed by atoms with E-state index in [0.717, 1.165) is 17.9 Å². The molecule has 0 aliphatic carbocycles. The van der Waals surface area contributed by atoms with E-state index in [9.17, 15) is 4.39 Å². The second kappa shape index (κ2) is 4.10. The van der Waals surface area contributed by atoms with Crippen LogP contribution >= 0.6 is 27.5 Å². The molecule has 2 nitrogen and oxygen atoms in total. The van der Waals surface area contributed by atoms with Crippen molar-refractivity contribution in [3.8, 4) is 0 Å². The predicted octanol–water partition coefficient (Wildman–Crippen LogP) is 3.70. The highest BCUT2D eigenvalue weighted by molar-refractivity contribution is 9.10. The predicted molar refractivity (Wildman–Crippen MR) is 62.6 cm³/mol. The number of aromatic nitrogens is 2. The highest BCUT2D eigenvalue weighted by Gasteiger charge is 2.11. The van der Waals surface area contributed by atoms with Crippen LogP contribution in [0.3, 0.4) is 0 Å². The molecule has 1 heterocycles. The zero-order valence-corrected chi connectivity index (χ0v) is 10.4. The van der Waals surface area contributed by atoms with Crippen LogP contribution in [0.15, 0.2) is 16.6 Å². The van der Waals surface area contributed by atoms with Crippen molar-refractivity contribution in [1.29, 1.82) is 0 Å². The molecule has 0 N–H and O–H groups in total. The molecule has 0 saturated carbocycles. The summed E-state index contributed by atoms with van der Waals surface area (Å²) in [6, 6.07) is 3.15. The average molecular weight is 292 g/mol. The molecule has 0 spiro atoms. The number of hydrogen-bond donors (Lipinski definition) is 0. The number of aryl methyl sites for hydroxylation is 1. The number of rotatable bonds is 2. The van der Waals surface area contributed by atoms with Gasteiger partial charge in [0.15, 0.2) is 0 Å². The molecule has 0 bridgehead atoms. The summed E-state index contributed by atoms with van der Waals surface area (Å²) in [5.41, 5.74) is 1.55. The number of nitrogens with zero attached hydrogens (tertiary/aromatic N) is 2. The molecule has 0 atom stereocenters. The van der Waals surface area contributed by atoms with E-state index in [1.54, 1.807) is 6.07 Å². The maximum absolute atomic E-state index is 13.3. The molecule has 0 fully saturated rings. The Morgan fingerprint density at radius 2 is 2.27 bits per heavy atom. The third kappa shape index (κ3) is 1.76. The number of fused-ring (bicyclic) bond motifs is 1. The number of hydrogen-bond acceptors (Lipinski definition) is 1. The van der Waals surface area contributed by atoms with Gasteiger partial charge in [-0.25, -0.2) is 9.37 Å². The van der Waals surface area contributed by atoms with Gasteiger partial charge in [-0.2, -0.15) is 0 Å². The van der Waals surface area contributed by atoms with Gasteiger partial charge in [-0.15, -0.1) is 11.6 Å². The van der Waals surface area contributed by atoms with Crippen LogP contribution in [0.5, 0.6) is 0 Å². The van der Waals surface area contributed by atoms with Gasteiger partial charge in [-0.3, -0.25) is 0 Å². The fraction of sp³-hybridized carbons (Fsp3) is 0.300. The Labute approximate surface area is 100 Å². The molecule has 0 unspecified atom stereocenters. The average Bonchev–Trinajstić information content (AvgIpc) is 2.56. The van der Waals surface area contributed by atoms with E-state index in [-0.39, 0.29) is 5.82 Å². The third-order valence-corrected chi connectivity index (χ3v) is 3.15. The quantitative estimate of drug-likeness (QED) is 0.772. The van der Waals surface area contributed by atoms with Crippen molar-refractivity contribution < 1.29 is 4.39 Å². The molecular weight excluding hydrogens is 282 g/mol. The standard InChI is InChI=1S/C10H9BrClFN2/c1-2-15-9-3-6(11)7(13)4-8(9)14-10(15)5-12/h3-4H,2,5H2,1H3. The van der Waals surface area contributed by atoms with E-state index in [1.165, 1.54) is 6.07 Å². The Kier molecular flexibility index (Phi) is 2.98. The van der Waals surface area contributed by atoms with Gasteiger partial charge in [0, 0.05) is 12.6 Å². The molecule has 0 amide bonds. The van der Waals surface area contributed by atoms with E-state index in [1.807, 2.05) is 11.5 Å². The first-order chi connectivity index (χ1) is 7.17. The molecule has 1 aromatic carbocycles. The normalized spacial score (nSPS) is 11.2. The molecule has 1 aromatic heterocycles. The fourth-order valence-electron chi connectivity index (χ4n) is 1.62. The summed E-state index contributed by atoms with van der Waals surface area (Å²) in [5, 5.41) is 0. The first kappa shape index (κ1) is 10.9. The van der Waals surface area contributed by atoms with E-state index in [2.05, 4.69) is 20.9 Å². The largest absolute Gasteiger partial charge is 0.327 e. The number of imidazole rings is 1. The minimum atomic E-state index is -0.302. The number of halogens is 3. The van der Waals surface area contributed by atoms with Crippen molar-refractivity contribution in [2.45, 2.75) is 19.3 Å². The second-order valence-electron chi connectivity index (χ2n) is 3.16. The third-order valence-electron chi connectivity index (χ3n) is 2.31. The van der Waals surface area contributed by atoms with E-state index >= 15 is 0 Å². The number of alkyl halides is 1. The lowest BCUT2D eigenvalue weighted by atomic mass is 10.3. The summed E-state index contributed by atoms with van der Waals surface area (Å²) >= 11 is 8.93. The molecule has 15 heavy (non-hydrogen) atoms. The van der Waals surface area contributed by atoms with Crippen LogP contribution < -0.4 is 0 Å². The summed E-state index contributed by atoms with van der Waals surface area (Å²) in [4.78, 5) is 4.27. The summed E-state index contributed by atoms with van der Waals surface area (Å²) in [6.45, 7) is 2.78. The highest BCUT2D eigenvalue weighted by Crippen LogP contribution is 2.24. The zero-order chi connectivity index (χ0) is 11.0. The monoisotopic (exact) mass is 290 g/mol. The summed E-state index contributed by atoms with van der Waals surface area (Å²) in [7, 11) is 0. The van der Waals surface area contributed by atoms with Crippen molar-refractivity contribution in [3.05, 3.63) is 28.2 Å². The lowest BCUT2D eigenvalue weighted by molar-refractivity contribution is 0.622. The molecule has 80 valence electrons. The summed E-state index contributed by atoms with van der Waals surface area (Å²) < 4.78 is 15.7. The van der Waals surface area contributed by atoms with Crippen LogP contribution in [0.2, 0.25) is 0 Å². The SMILES string of the molecule is CCn1c(CCl)nc2cc(F)c(Br)cc21. The molecule has 0 aliphatic rings. The first-order valence-electron chi connectivity index (χ1n) is 4.57. The van der Waals surface area contributed by atoms with Crippen LogP contribution in [-0.4, -0.2) is 9.55 Å². The van der Waals surface area contributed by atoms with Gasteiger partial charge in [0.25, 0.3) is 0 Å². The van der Waals surface area contributed by atoms with Gasteiger partial charge in [0.1, 0.15) is 11.6 Å². The summed E-state index contributed by atoms with van der Waals surface area (Å²) in [5.74, 6) is 0.804. The maximum Gasteiger partial charge on any atom is 0.139 e. The van der Waals surface area contributed by atoms with Gasteiger partial charge in [-0.1, -0.05) is 0 Å². The molecule has 0 aliphatic heterocycles. The molecular formula is C10H9BrClFN2. The number of benzene rings is 1. The minimum Gasteiger partial charge on any atom is -0.327 e. The van der Waals surface area contributed by atoms with Gasteiger partial charge in [0.2, 0.25) is 0 Å². The van der Waals surface area contributed by atoms with Crippen molar-refractivity contribution in [3.63, 3.8) is 0 Å². The Balaban J connectivity index is 2.77. The van der Waals surface area contributed by atoms with Gasteiger partial charge in [-0.05, 0) is 28.9 Å². The second-order valence-corrected chi connectivity index (χ2v) is 4.28. The molecule has 2 aromatic rings.